The Kier molecular flexibility index (Phi) is 16.8. The number of anilines is 2. The van der Waals surface area contributed by atoms with Crippen LogP contribution in [0.3, 0.4) is 0 Å². The van der Waals surface area contributed by atoms with Crippen molar-refractivity contribution in [2.24, 2.45) is 0 Å². The number of ether oxygens (including phenoxy) is 1. The highest BCUT2D eigenvalue weighted by Crippen LogP contribution is 2.37. The van der Waals surface area contributed by atoms with E-state index in [1.54, 1.807) is 12.1 Å². The van der Waals surface area contributed by atoms with Gasteiger partial charge in [0.2, 0.25) is 0 Å². The largest absolute Gasteiger partial charge is 0.501 e. The van der Waals surface area contributed by atoms with Gasteiger partial charge < -0.3 is 25.2 Å². The fourth-order valence-corrected chi connectivity index (χ4v) is 10.8. The van der Waals surface area contributed by atoms with Crippen LogP contribution in [0.1, 0.15) is 49.5 Å². The number of sulfonamides is 1. The maximum atomic E-state index is 14.1. The smallest absolute Gasteiger partial charge is 0.459 e. The first-order chi connectivity index (χ1) is 31.5. The van der Waals surface area contributed by atoms with Gasteiger partial charge in [-0.25, -0.2) is 21.6 Å². The van der Waals surface area contributed by atoms with Gasteiger partial charge in [0.25, 0.3) is 25.8 Å². The van der Waals surface area contributed by atoms with Gasteiger partial charge in [-0.3, -0.25) is 14.5 Å². The summed E-state index contributed by atoms with van der Waals surface area (Å²) in [6, 6.07) is 24.5. The molecule has 13 nitrogen and oxygen atoms in total. The zero-order valence-electron chi connectivity index (χ0n) is 37.9. The molecule has 6 rings (SSSR count). The summed E-state index contributed by atoms with van der Waals surface area (Å²) in [6.45, 7) is 9.92. The van der Waals surface area contributed by atoms with Crippen molar-refractivity contribution in [1.29, 1.82) is 0 Å². The van der Waals surface area contributed by atoms with E-state index < -0.39 is 64.4 Å². The number of piperazine rings is 1. The summed E-state index contributed by atoms with van der Waals surface area (Å²) in [5.41, 5.74) is -2.82. The molecule has 67 heavy (non-hydrogen) atoms. The second kappa shape index (κ2) is 21.8. The van der Waals surface area contributed by atoms with E-state index in [9.17, 15) is 39.6 Å². The van der Waals surface area contributed by atoms with E-state index in [1.807, 2.05) is 99.1 Å². The molecule has 2 aliphatic rings. The van der Waals surface area contributed by atoms with Crippen LogP contribution in [0.4, 0.5) is 24.5 Å². The molecule has 0 spiro atoms. The summed E-state index contributed by atoms with van der Waals surface area (Å²) in [5, 5.41) is 6.91. The number of esters is 1. The second-order valence-electron chi connectivity index (χ2n) is 17.7. The fraction of sp³-hybridized carbons (Fsp3) is 0.404. The lowest BCUT2D eigenvalue weighted by atomic mass is 9.89. The molecular weight excluding hydrogens is 949 g/mol. The van der Waals surface area contributed by atoms with E-state index in [-0.39, 0.29) is 11.5 Å². The molecule has 362 valence electrons. The summed E-state index contributed by atoms with van der Waals surface area (Å²) in [5.74, 6) is -1.00. The number of carbonyl (C=O) groups is 2. The van der Waals surface area contributed by atoms with Crippen molar-refractivity contribution in [2.75, 3.05) is 75.9 Å². The minimum absolute atomic E-state index is 0.0387. The third kappa shape index (κ3) is 14.0. The highest BCUT2D eigenvalue weighted by atomic mass is 35.5. The Morgan fingerprint density at radius 2 is 1.57 bits per heavy atom. The van der Waals surface area contributed by atoms with Crippen molar-refractivity contribution < 1.29 is 44.3 Å². The van der Waals surface area contributed by atoms with Crippen LogP contribution in [0.5, 0.6) is 0 Å². The normalized spacial score (nSPS) is 17.0. The van der Waals surface area contributed by atoms with Crippen molar-refractivity contribution in [3.05, 3.63) is 119 Å². The summed E-state index contributed by atoms with van der Waals surface area (Å²) in [4.78, 5) is 31.5. The number of hydrogen-bond acceptors (Lipinski definition) is 13. The van der Waals surface area contributed by atoms with Crippen molar-refractivity contribution in [3.63, 3.8) is 0 Å². The molecule has 4 aromatic carbocycles. The lowest BCUT2D eigenvalue weighted by Gasteiger charge is -2.38. The first-order valence-electron chi connectivity index (χ1n) is 21.6. The molecule has 2 atom stereocenters. The van der Waals surface area contributed by atoms with Crippen molar-refractivity contribution in [1.82, 2.24) is 19.8 Å². The first kappa shape index (κ1) is 51.8. The van der Waals surface area contributed by atoms with Gasteiger partial charge in [0, 0.05) is 72.2 Å². The molecule has 0 bridgehead atoms. The molecule has 0 radical (unpaired) electrons. The predicted molar refractivity (Wildman–Crippen MR) is 258 cm³/mol. The monoisotopic (exact) mass is 1000 g/mol. The predicted octanol–water partition coefficient (Wildman–Crippen LogP) is 7.56. The van der Waals surface area contributed by atoms with E-state index in [0.717, 1.165) is 39.4 Å². The topological polar surface area (TPSA) is 157 Å². The van der Waals surface area contributed by atoms with Gasteiger partial charge in [0.05, 0.1) is 10.6 Å². The molecule has 2 aliphatic heterocycles. The maximum Gasteiger partial charge on any atom is 0.501 e. The van der Waals surface area contributed by atoms with Crippen LogP contribution in [0.2, 0.25) is 5.02 Å². The number of nitrogens with one attached hydrogen (secondary N) is 3. The number of carbonyl (C=O) groups excluding carboxylic acids is 2. The van der Waals surface area contributed by atoms with E-state index in [4.69, 9.17) is 16.3 Å². The number of benzene rings is 4. The van der Waals surface area contributed by atoms with Gasteiger partial charge in [-0.2, -0.15) is 13.2 Å². The quantitative estimate of drug-likeness (QED) is 0.0705. The van der Waals surface area contributed by atoms with E-state index in [1.165, 1.54) is 23.9 Å². The van der Waals surface area contributed by atoms with Gasteiger partial charge in [0.15, 0.2) is 0 Å². The van der Waals surface area contributed by atoms with Gasteiger partial charge in [-0.15, -0.1) is 11.8 Å². The highest BCUT2D eigenvalue weighted by molar-refractivity contribution is 7.99. The Morgan fingerprint density at radius 1 is 0.910 bits per heavy atom. The van der Waals surface area contributed by atoms with Crippen LogP contribution in [0.15, 0.2) is 117 Å². The van der Waals surface area contributed by atoms with Gasteiger partial charge in [-0.1, -0.05) is 41.9 Å². The number of alkyl halides is 3. The Hall–Kier alpha value is -4.63. The molecule has 20 heteroatoms. The number of nitrogens with zero attached hydrogens (tertiary/aromatic N) is 3. The zero-order chi connectivity index (χ0) is 48.7. The van der Waals surface area contributed by atoms with Crippen LogP contribution >= 0.6 is 23.4 Å². The van der Waals surface area contributed by atoms with Crippen molar-refractivity contribution in [2.45, 2.75) is 71.5 Å². The summed E-state index contributed by atoms with van der Waals surface area (Å²) < 4.78 is 103. The van der Waals surface area contributed by atoms with Crippen LogP contribution in [0, 0.1) is 0 Å². The summed E-state index contributed by atoms with van der Waals surface area (Å²) in [6.07, 6.45) is 0.887. The Labute approximate surface area is 400 Å². The molecule has 4 aromatic rings. The Bertz CT molecular complexity index is 2620. The van der Waals surface area contributed by atoms with Crippen LogP contribution in [0.25, 0.3) is 5.57 Å². The molecule has 2 heterocycles. The average Bonchev–Trinajstić information content (AvgIpc) is 3.27. The first-order valence-corrected chi connectivity index (χ1v) is 25.9. The number of sulfone groups is 1. The number of hydrogen-bond donors (Lipinski definition) is 3. The summed E-state index contributed by atoms with van der Waals surface area (Å²) in [7, 11) is -7.26. The molecule has 0 aliphatic carbocycles. The highest BCUT2D eigenvalue weighted by Gasteiger charge is 2.48. The van der Waals surface area contributed by atoms with Crippen LogP contribution < -0.4 is 20.3 Å². The van der Waals surface area contributed by atoms with Crippen LogP contribution in [-0.4, -0.2) is 127 Å². The van der Waals surface area contributed by atoms with Gasteiger partial charge in [0.1, 0.15) is 16.5 Å². The van der Waals surface area contributed by atoms with Crippen molar-refractivity contribution in [3.8, 4) is 0 Å². The van der Waals surface area contributed by atoms with Gasteiger partial charge >= 0.3 is 11.5 Å². The molecule has 3 N–H and O–H groups in total. The summed E-state index contributed by atoms with van der Waals surface area (Å²) >= 11 is 7.63. The second-order valence-corrected chi connectivity index (χ2v) is 22.8. The van der Waals surface area contributed by atoms with E-state index in [2.05, 4.69) is 20.4 Å². The Balaban J connectivity index is 1.11. The SMILES string of the molecule is CN(C)CC[C@H](CSc1ccccc1)Nc1ccc(S(=O)(=O)NC(=O)c2ccc(N3CCN(CC4=C(c5ccc(Cl)cc5)CC(C(=O)OC(C)(C)C)NC4)CC3)cc2)cc1S(=O)(=O)C(F)(F)F. The minimum atomic E-state index is -6.06. The molecule has 0 aromatic heterocycles. The number of rotatable bonds is 17. The lowest BCUT2D eigenvalue weighted by molar-refractivity contribution is -0.157. The van der Waals surface area contributed by atoms with E-state index >= 15 is 0 Å². The molecular formula is C47H56ClF3N6O7S3. The molecule has 1 saturated heterocycles. The zero-order valence-corrected chi connectivity index (χ0v) is 41.1. The average molecular weight is 1010 g/mol. The molecule has 1 unspecified atom stereocenters. The minimum Gasteiger partial charge on any atom is -0.459 e. The molecule has 1 fully saturated rings. The maximum absolute atomic E-state index is 14.1. The third-order valence-corrected chi connectivity index (χ3v) is 15.4. The van der Waals surface area contributed by atoms with Crippen LogP contribution in [-0.2, 0) is 29.4 Å². The third-order valence-electron chi connectivity index (χ3n) is 11.1. The standard InChI is InChI=1S/C47H56ClF3N6O7S3/c1-46(2,3)64-45(59)42-28-40(32-11-15-35(48)16-12-32)34(29-52-42)30-56-23-25-57(26-24-56)37-17-13-33(14-18-37)44(58)54-67(62,63)39-19-20-41(43(27-39)66(60,61)47(49,50)51)53-36(21-22-55(4)5)31-65-38-9-7-6-8-10-38/h6-20,27,36,42,52-53H,21-26,28-31H2,1-5H3,(H,54,58)/t36-,42?/m1/s1. The van der Waals surface area contributed by atoms with Gasteiger partial charge in [-0.05, 0) is 138 Å². The number of amides is 1. The lowest BCUT2D eigenvalue weighted by Crippen LogP contribution is -2.49. The number of halogens is 4. The fourth-order valence-electron chi connectivity index (χ4n) is 7.62. The Morgan fingerprint density at radius 3 is 2.18 bits per heavy atom. The van der Waals surface area contributed by atoms with Crippen molar-refractivity contribution >= 4 is 72.0 Å². The molecule has 0 saturated carbocycles. The molecule has 1 amide bonds. The van der Waals surface area contributed by atoms with E-state index in [0.29, 0.717) is 75.5 Å². The number of thioether (sulfide) groups is 1.